The highest BCUT2D eigenvalue weighted by Gasteiger charge is 2.33. The monoisotopic (exact) mass is 1070 g/mol. The number of rotatable bonds is 12. The van der Waals surface area contributed by atoms with Crippen LogP contribution in [0.25, 0.3) is 0 Å². The van der Waals surface area contributed by atoms with Gasteiger partial charge in [-0.1, -0.05) is 71.2 Å². The normalized spacial score (nSPS) is 17.3. The Balaban J connectivity index is 0.889. The molecule has 4 heterocycles. The highest BCUT2D eigenvalue weighted by Crippen LogP contribution is 2.37. The quantitative estimate of drug-likeness (QED) is 0.0979. The number of thiocarbonyl (C=S) groups is 3. The van der Waals surface area contributed by atoms with E-state index in [-0.39, 0.29) is 51.5 Å². The van der Waals surface area contributed by atoms with Crippen molar-refractivity contribution in [1.82, 2.24) is 30.0 Å². The third-order valence-electron chi connectivity index (χ3n) is 11.9. The summed E-state index contributed by atoms with van der Waals surface area (Å²) in [5, 5.41) is 21.6. The van der Waals surface area contributed by atoms with E-state index in [4.69, 9.17) is 118 Å². The Hall–Kier alpha value is -7.32. The van der Waals surface area contributed by atoms with E-state index in [0.717, 1.165) is 50.5 Å². The Bertz CT molecular complexity index is 2930. The zero-order valence-electron chi connectivity index (χ0n) is 37.6. The van der Waals surface area contributed by atoms with Gasteiger partial charge in [-0.3, -0.25) is 0 Å². The molecule has 6 aromatic carbocycles. The molecule has 0 saturated carbocycles. The molecule has 3 aliphatic heterocycles. The van der Waals surface area contributed by atoms with Crippen LogP contribution < -0.4 is 31.4 Å². The largest absolute Gasteiger partial charge is 0.424 e. The first-order valence-electron chi connectivity index (χ1n) is 22.2. The molecule has 6 N–H and O–H groups in total. The van der Waals surface area contributed by atoms with E-state index in [2.05, 4.69) is 15.0 Å². The van der Waals surface area contributed by atoms with E-state index in [9.17, 15) is 0 Å². The first-order valence-corrected chi connectivity index (χ1v) is 24.5. The minimum atomic E-state index is -0.186. The van der Waals surface area contributed by atoms with Gasteiger partial charge in [-0.05, 0) is 179 Å². The second kappa shape index (κ2) is 20.8. The summed E-state index contributed by atoms with van der Waals surface area (Å²) in [5.74, 6) is 1.28. The molecule has 0 bridgehead atoms. The van der Waals surface area contributed by atoms with Crippen LogP contribution in [0.3, 0.4) is 0 Å². The summed E-state index contributed by atoms with van der Waals surface area (Å²) in [5.41, 5.74) is 26.2. The molecule has 0 aliphatic carbocycles. The molecule has 10 rings (SSSR count). The topological polar surface area (TPSA) is 191 Å². The number of hydrogen-bond donors (Lipinski definition) is 3. The van der Waals surface area contributed by atoms with Gasteiger partial charge in [0.1, 0.15) is 17.2 Å². The lowest BCUT2D eigenvalue weighted by molar-refractivity contribution is 0.362. The van der Waals surface area contributed by atoms with Crippen molar-refractivity contribution in [3.8, 4) is 35.3 Å². The molecule has 72 heavy (non-hydrogen) atoms. The van der Waals surface area contributed by atoms with Gasteiger partial charge in [-0.15, -0.1) is 15.0 Å². The summed E-state index contributed by atoms with van der Waals surface area (Å²) in [4.78, 5) is 13.6. The molecule has 0 radical (unpaired) electrons. The number of benzene rings is 6. The smallest absolute Gasteiger partial charge is 0.331 e. The van der Waals surface area contributed by atoms with Gasteiger partial charge in [0.2, 0.25) is 0 Å². The van der Waals surface area contributed by atoms with Crippen molar-refractivity contribution < 1.29 is 14.2 Å². The number of halogens is 3. The van der Waals surface area contributed by atoms with Gasteiger partial charge in [0, 0.05) is 34.3 Å². The predicted octanol–water partition coefficient (Wildman–Crippen LogP) is 11.4. The summed E-state index contributed by atoms with van der Waals surface area (Å²) in [6.07, 6.45) is 1.69. The van der Waals surface area contributed by atoms with Crippen LogP contribution in [0.4, 0.5) is 0 Å². The van der Waals surface area contributed by atoms with Crippen LogP contribution in [-0.4, -0.2) is 62.5 Å². The van der Waals surface area contributed by atoms with Gasteiger partial charge in [0.25, 0.3) is 0 Å². The maximum atomic E-state index is 6.23. The fourth-order valence-electron chi connectivity index (χ4n) is 8.42. The Labute approximate surface area is 444 Å². The molecule has 7 aromatic rings. The highest BCUT2D eigenvalue weighted by atomic mass is 35.5. The molecule has 21 heteroatoms. The second-order valence-electron chi connectivity index (χ2n) is 16.6. The van der Waals surface area contributed by atoms with Gasteiger partial charge >= 0.3 is 18.0 Å². The van der Waals surface area contributed by atoms with E-state index in [1.807, 2.05) is 109 Å². The lowest BCUT2D eigenvalue weighted by Gasteiger charge is -2.21. The van der Waals surface area contributed by atoms with Crippen molar-refractivity contribution in [2.24, 2.45) is 32.5 Å². The lowest BCUT2D eigenvalue weighted by Crippen LogP contribution is -2.31. The van der Waals surface area contributed by atoms with Crippen molar-refractivity contribution >= 4 is 104 Å². The van der Waals surface area contributed by atoms with E-state index in [1.54, 1.807) is 51.4 Å². The van der Waals surface area contributed by atoms with Crippen molar-refractivity contribution in [3.05, 3.63) is 194 Å². The van der Waals surface area contributed by atoms with Crippen molar-refractivity contribution in [1.29, 1.82) is 0 Å². The van der Waals surface area contributed by atoms with Crippen LogP contribution in [0.15, 0.2) is 161 Å². The van der Waals surface area contributed by atoms with Gasteiger partial charge in [-0.25, -0.2) is 15.0 Å². The third kappa shape index (κ3) is 10.8. The van der Waals surface area contributed by atoms with Gasteiger partial charge in [0.05, 0.1) is 35.3 Å². The fourth-order valence-corrected chi connectivity index (χ4v) is 9.30. The average Bonchev–Trinajstić information content (AvgIpc) is 4.15. The Morgan fingerprint density at radius 1 is 0.389 bits per heavy atom. The van der Waals surface area contributed by atoms with E-state index >= 15 is 0 Å². The lowest BCUT2D eigenvalue weighted by atomic mass is 9.98. The summed E-state index contributed by atoms with van der Waals surface area (Å²) < 4.78 is 18.7. The van der Waals surface area contributed by atoms with Crippen molar-refractivity contribution in [2.75, 3.05) is 0 Å². The molecule has 0 fully saturated rings. The predicted molar refractivity (Wildman–Crippen MR) is 291 cm³/mol. The van der Waals surface area contributed by atoms with E-state index < -0.39 is 0 Å². The van der Waals surface area contributed by atoms with Gasteiger partial charge in [0.15, 0.2) is 15.3 Å². The Morgan fingerprint density at radius 3 is 0.847 bits per heavy atom. The summed E-state index contributed by atoms with van der Waals surface area (Å²) >= 11 is 34.6. The minimum Gasteiger partial charge on any atom is -0.424 e. The van der Waals surface area contributed by atoms with Crippen LogP contribution in [0.2, 0.25) is 15.1 Å². The zero-order valence-corrected chi connectivity index (χ0v) is 42.3. The number of aromatic nitrogens is 3. The average molecular weight is 1070 g/mol. The fraction of sp³-hybridized carbons (Fsp3) is 0.118. The first kappa shape index (κ1) is 48.3. The van der Waals surface area contributed by atoms with Crippen LogP contribution in [0.1, 0.15) is 70.8 Å². The Morgan fingerprint density at radius 2 is 0.625 bits per heavy atom. The zero-order chi connectivity index (χ0) is 50.0. The van der Waals surface area contributed by atoms with E-state index in [1.165, 1.54) is 0 Å². The molecule has 3 aliphatic rings. The highest BCUT2D eigenvalue weighted by molar-refractivity contribution is 7.80. The molecule has 3 atom stereocenters. The number of nitrogens with zero attached hydrogens (tertiary/aromatic N) is 9. The molecule has 0 saturated heterocycles. The summed E-state index contributed by atoms with van der Waals surface area (Å²) in [7, 11) is 0. The molecule has 1 aromatic heterocycles. The third-order valence-corrected chi connectivity index (χ3v) is 13.3. The summed E-state index contributed by atoms with van der Waals surface area (Å²) in [6, 6.07) is 43.8. The van der Waals surface area contributed by atoms with Crippen LogP contribution in [-0.2, 0) is 0 Å². The molecule has 0 amide bonds. The van der Waals surface area contributed by atoms with Crippen molar-refractivity contribution in [2.45, 2.75) is 37.4 Å². The molecule has 3 unspecified atom stereocenters. The van der Waals surface area contributed by atoms with Gasteiger partial charge in [-0.2, -0.15) is 15.3 Å². The standard InChI is InChI=1S/C51H39Cl3N12O3S3/c52-34-13-1-31(2-14-34)43-25-40(61-64(43)46(55)70)28-7-19-37(20-8-28)67-49-58-50(68-38-21-9-29(10-22-38)41-26-44(65(62-41)47(56)71)32-3-15-35(53)16-4-32)60-51(59-49)69-39-23-11-30(12-24-39)42-27-45(66(63-42)48(57)72)33-5-17-36(54)18-6-33/h1-24,43-45H,25-27H2,(H2,55,70)(H2,56,71)(H2,57,72). The van der Waals surface area contributed by atoms with Crippen LogP contribution in [0.5, 0.6) is 35.3 Å². The first-order chi connectivity index (χ1) is 34.8. The molecule has 0 spiro atoms. The van der Waals surface area contributed by atoms with Gasteiger partial charge < -0.3 is 31.4 Å². The van der Waals surface area contributed by atoms with E-state index in [0.29, 0.717) is 51.6 Å². The molecule has 360 valence electrons. The Kier molecular flexibility index (Phi) is 14.0. The molecule has 15 nitrogen and oxygen atoms in total. The van der Waals surface area contributed by atoms with Crippen LogP contribution in [0, 0.1) is 0 Å². The molecular weight excluding hydrogens is 1030 g/mol. The van der Waals surface area contributed by atoms with Crippen molar-refractivity contribution in [3.63, 3.8) is 0 Å². The second-order valence-corrected chi connectivity index (χ2v) is 19.1. The minimum absolute atomic E-state index is 0.0885. The van der Waals surface area contributed by atoms with Crippen LogP contribution >= 0.6 is 71.5 Å². The maximum absolute atomic E-state index is 6.23. The molecular formula is C51H39Cl3N12O3S3. The maximum Gasteiger partial charge on any atom is 0.331 e. The number of hydrogen-bond acceptors (Lipinski definition) is 12. The summed E-state index contributed by atoms with van der Waals surface area (Å²) in [6.45, 7) is 0. The number of hydrazone groups is 3. The number of ether oxygens (including phenoxy) is 3. The SMILES string of the molecule is NC(=S)N1N=C(c2ccc(Oc3nc(Oc4ccc(C5=NN(C(N)=S)C(c6ccc(Cl)cc6)C5)cc4)nc(Oc4ccc(C5=NN(C(N)=S)C(c6ccc(Cl)cc6)C5)cc4)n3)cc2)CC1c1ccc(Cl)cc1. The number of nitrogens with two attached hydrogens (primary N) is 3.